The van der Waals surface area contributed by atoms with Crippen LogP contribution in [0.2, 0.25) is 0 Å². The molecule has 0 aliphatic heterocycles. The number of rotatable bonds is 4. The summed E-state index contributed by atoms with van der Waals surface area (Å²) in [6.45, 7) is 3.39. The highest BCUT2D eigenvalue weighted by atomic mass is 16.4. The summed E-state index contributed by atoms with van der Waals surface area (Å²) in [5.41, 5.74) is 3.67. The number of carboxylic acid groups (broad SMARTS) is 1. The van der Waals surface area contributed by atoms with Crippen LogP contribution >= 0.6 is 0 Å². The third kappa shape index (κ3) is 1.87. The predicted molar refractivity (Wildman–Crippen MR) is 50.6 cm³/mol. The van der Waals surface area contributed by atoms with E-state index in [1.807, 2.05) is 0 Å². The summed E-state index contributed by atoms with van der Waals surface area (Å²) in [6.07, 6.45) is 1.47. The van der Waals surface area contributed by atoms with Crippen molar-refractivity contribution in [3.8, 4) is 0 Å². The van der Waals surface area contributed by atoms with E-state index < -0.39 is 17.0 Å². The van der Waals surface area contributed by atoms with E-state index >= 15 is 0 Å². The minimum absolute atomic E-state index is 0.389. The second-order valence-corrected chi connectivity index (χ2v) is 4.11. The van der Waals surface area contributed by atoms with Gasteiger partial charge in [-0.05, 0) is 26.2 Å². The Kier molecular flexibility index (Phi) is 2.54. The third-order valence-corrected chi connectivity index (χ3v) is 2.77. The number of nitrogens with one attached hydrogen (secondary N) is 1. The monoisotopic (exact) mass is 200 g/mol. The smallest absolute Gasteiger partial charge is 0.329 e. The molecule has 0 radical (unpaired) electrons. The molecule has 0 aromatic heterocycles. The fourth-order valence-electron chi connectivity index (χ4n) is 1.04. The first-order valence-corrected chi connectivity index (χ1v) is 4.69. The highest BCUT2D eigenvalue weighted by Crippen LogP contribution is 2.35. The van der Waals surface area contributed by atoms with Gasteiger partial charge in [-0.1, -0.05) is 6.92 Å². The third-order valence-electron chi connectivity index (χ3n) is 2.77. The van der Waals surface area contributed by atoms with Gasteiger partial charge in [-0.25, -0.2) is 4.79 Å². The van der Waals surface area contributed by atoms with E-state index in [9.17, 15) is 9.59 Å². The van der Waals surface area contributed by atoms with E-state index in [0.29, 0.717) is 19.3 Å². The zero-order valence-corrected chi connectivity index (χ0v) is 8.46. The number of hydrogen-bond donors (Lipinski definition) is 3. The molecule has 5 heteroatoms. The van der Waals surface area contributed by atoms with Gasteiger partial charge in [0.05, 0.1) is 5.54 Å². The van der Waals surface area contributed by atoms with E-state index in [0.717, 1.165) is 0 Å². The second-order valence-electron chi connectivity index (χ2n) is 4.11. The van der Waals surface area contributed by atoms with E-state index in [1.54, 1.807) is 13.8 Å². The fourth-order valence-corrected chi connectivity index (χ4v) is 1.04. The van der Waals surface area contributed by atoms with Crippen molar-refractivity contribution in [1.82, 2.24) is 5.32 Å². The lowest BCUT2D eigenvalue weighted by molar-refractivity contribution is -0.144. The van der Waals surface area contributed by atoms with Gasteiger partial charge in [0.2, 0.25) is 5.91 Å². The Morgan fingerprint density at radius 3 is 2.36 bits per heavy atom. The molecule has 0 aromatic carbocycles. The van der Waals surface area contributed by atoms with Gasteiger partial charge < -0.3 is 16.2 Å². The maximum atomic E-state index is 11.6. The standard InChI is InChI=1S/C9H16N2O3/c1-3-8(2,10)6(12)11-9(4-5-9)7(13)14/h3-5,10H2,1-2H3,(H,11,12)(H,13,14). The first-order valence-electron chi connectivity index (χ1n) is 4.69. The fraction of sp³-hybridized carbons (Fsp3) is 0.778. The van der Waals surface area contributed by atoms with E-state index in [1.165, 1.54) is 0 Å². The van der Waals surface area contributed by atoms with E-state index in [4.69, 9.17) is 10.8 Å². The summed E-state index contributed by atoms with van der Waals surface area (Å²) in [5.74, 6) is -1.36. The quantitative estimate of drug-likeness (QED) is 0.588. The number of aliphatic carboxylic acids is 1. The van der Waals surface area contributed by atoms with Crippen molar-refractivity contribution in [2.24, 2.45) is 5.73 Å². The minimum atomic E-state index is -1.03. The first kappa shape index (κ1) is 11.0. The topological polar surface area (TPSA) is 92.4 Å². The Labute approximate surface area is 82.7 Å². The molecular formula is C9H16N2O3. The second kappa shape index (κ2) is 3.24. The van der Waals surface area contributed by atoms with Crippen LogP contribution < -0.4 is 11.1 Å². The van der Waals surface area contributed by atoms with Gasteiger partial charge in [-0.15, -0.1) is 0 Å². The van der Waals surface area contributed by atoms with Crippen LogP contribution in [0.1, 0.15) is 33.1 Å². The summed E-state index contributed by atoms with van der Waals surface area (Å²) in [6, 6.07) is 0. The van der Waals surface area contributed by atoms with Crippen LogP contribution in [0, 0.1) is 0 Å². The molecule has 0 saturated heterocycles. The van der Waals surface area contributed by atoms with Crippen molar-refractivity contribution in [2.75, 3.05) is 0 Å². The van der Waals surface area contributed by atoms with Crippen LogP contribution in [0.3, 0.4) is 0 Å². The number of carbonyl (C=O) groups is 2. The number of carbonyl (C=O) groups excluding carboxylic acids is 1. The summed E-state index contributed by atoms with van der Waals surface area (Å²) in [5, 5.41) is 11.3. The maximum Gasteiger partial charge on any atom is 0.329 e. The van der Waals surface area contributed by atoms with Gasteiger partial charge in [-0.3, -0.25) is 4.79 Å². The van der Waals surface area contributed by atoms with Crippen LogP contribution in [0.15, 0.2) is 0 Å². The predicted octanol–water partition coefficient (Wildman–Crippen LogP) is -0.153. The lowest BCUT2D eigenvalue weighted by Gasteiger charge is -2.24. The zero-order chi connectivity index (χ0) is 11.0. The van der Waals surface area contributed by atoms with Gasteiger partial charge >= 0.3 is 5.97 Å². The number of hydrogen-bond acceptors (Lipinski definition) is 3. The number of nitrogens with two attached hydrogens (primary N) is 1. The molecule has 0 aromatic rings. The normalized spacial score (nSPS) is 22.2. The lowest BCUT2D eigenvalue weighted by atomic mass is 9.99. The molecule has 1 unspecified atom stereocenters. The van der Waals surface area contributed by atoms with Gasteiger partial charge in [0, 0.05) is 0 Å². The molecule has 4 N–H and O–H groups in total. The SMILES string of the molecule is CCC(C)(N)C(=O)NC1(C(=O)O)CC1. The molecule has 14 heavy (non-hydrogen) atoms. The van der Waals surface area contributed by atoms with Crippen molar-refractivity contribution in [1.29, 1.82) is 0 Å². The molecule has 5 nitrogen and oxygen atoms in total. The molecule has 1 rings (SSSR count). The van der Waals surface area contributed by atoms with Crippen molar-refractivity contribution < 1.29 is 14.7 Å². The average molecular weight is 200 g/mol. The molecular weight excluding hydrogens is 184 g/mol. The molecule has 1 fully saturated rings. The average Bonchev–Trinajstić information content (AvgIpc) is 2.85. The zero-order valence-electron chi connectivity index (χ0n) is 8.46. The van der Waals surface area contributed by atoms with Gasteiger partial charge in [-0.2, -0.15) is 0 Å². The molecule has 1 amide bonds. The van der Waals surface area contributed by atoms with Crippen LogP contribution in [-0.4, -0.2) is 28.1 Å². The Balaban J connectivity index is 2.62. The molecule has 1 aliphatic carbocycles. The first-order chi connectivity index (χ1) is 6.34. The maximum absolute atomic E-state index is 11.6. The van der Waals surface area contributed by atoms with Crippen molar-refractivity contribution in [3.63, 3.8) is 0 Å². The number of amides is 1. The minimum Gasteiger partial charge on any atom is -0.480 e. The highest BCUT2D eigenvalue weighted by Gasteiger charge is 2.52. The molecule has 0 heterocycles. The highest BCUT2D eigenvalue weighted by molar-refractivity contribution is 5.93. The van der Waals surface area contributed by atoms with Crippen LogP contribution in [0.25, 0.3) is 0 Å². The number of carboxylic acids is 1. The lowest BCUT2D eigenvalue weighted by Crippen LogP contribution is -2.56. The molecule has 0 spiro atoms. The van der Waals surface area contributed by atoms with Gasteiger partial charge in [0.15, 0.2) is 0 Å². The van der Waals surface area contributed by atoms with Crippen molar-refractivity contribution >= 4 is 11.9 Å². The summed E-state index contributed by atoms with van der Waals surface area (Å²) >= 11 is 0. The Bertz CT molecular complexity index is 269. The van der Waals surface area contributed by atoms with Gasteiger partial charge in [0.25, 0.3) is 0 Å². The summed E-state index contributed by atoms with van der Waals surface area (Å²) in [4.78, 5) is 22.3. The van der Waals surface area contributed by atoms with Crippen LogP contribution in [-0.2, 0) is 9.59 Å². The Morgan fingerprint density at radius 2 is 2.07 bits per heavy atom. The molecule has 0 bridgehead atoms. The Hall–Kier alpha value is -1.10. The molecule has 80 valence electrons. The van der Waals surface area contributed by atoms with Crippen LogP contribution in [0.5, 0.6) is 0 Å². The van der Waals surface area contributed by atoms with E-state index in [-0.39, 0.29) is 5.91 Å². The summed E-state index contributed by atoms with van der Waals surface area (Å²) < 4.78 is 0. The molecule has 1 aliphatic rings. The largest absolute Gasteiger partial charge is 0.480 e. The summed E-state index contributed by atoms with van der Waals surface area (Å²) in [7, 11) is 0. The van der Waals surface area contributed by atoms with Crippen LogP contribution in [0.4, 0.5) is 0 Å². The molecule has 1 saturated carbocycles. The van der Waals surface area contributed by atoms with E-state index in [2.05, 4.69) is 5.32 Å². The van der Waals surface area contributed by atoms with Crippen molar-refractivity contribution in [2.45, 2.75) is 44.2 Å². The van der Waals surface area contributed by atoms with Gasteiger partial charge in [0.1, 0.15) is 5.54 Å². The van der Waals surface area contributed by atoms with Crippen molar-refractivity contribution in [3.05, 3.63) is 0 Å². The Morgan fingerprint density at radius 1 is 1.57 bits per heavy atom. The molecule has 1 atom stereocenters.